The van der Waals surface area contributed by atoms with Crippen molar-refractivity contribution < 1.29 is 58.7 Å². The molecule has 0 radical (unpaired) electrons. The Bertz CT molecular complexity index is 1880. The van der Waals surface area contributed by atoms with E-state index in [-0.39, 0.29) is 37.3 Å². The molecule has 5 rings (SSSR count). The predicted molar refractivity (Wildman–Crippen MR) is 259 cm³/mol. The van der Waals surface area contributed by atoms with Crippen molar-refractivity contribution in [3.05, 3.63) is 41.7 Å². The zero-order valence-electron chi connectivity index (χ0n) is 43.1. The van der Waals surface area contributed by atoms with Gasteiger partial charge >= 0.3 is 5.97 Å². The number of aliphatic hydroxyl groups is 5. The third kappa shape index (κ3) is 13.6. The van der Waals surface area contributed by atoms with Crippen LogP contribution in [-0.4, -0.2) is 187 Å². The quantitative estimate of drug-likeness (QED) is 0.133. The number of thioether (sulfide) groups is 1. The van der Waals surface area contributed by atoms with Gasteiger partial charge in [-0.2, -0.15) is 0 Å². The van der Waals surface area contributed by atoms with Crippen LogP contribution >= 0.6 is 11.8 Å². The molecule has 0 saturated carbocycles. The van der Waals surface area contributed by atoms with Crippen LogP contribution in [0.25, 0.3) is 0 Å². The molecule has 5 N–H and O–H groups in total. The highest BCUT2D eigenvalue weighted by atomic mass is 32.2. The largest absolute Gasteiger partial charge is 0.459 e. The Labute approximate surface area is 409 Å². The predicted octanol–water partition coefficient (Wildman–Crippen LogP) is 4.07. The van der Waals surface area contributed by atoms with E-state index in [0.717, 1.165) is 12.1 Å². The molecule has 2 aromatic rings. The molecule has 18 heteroatoms. The summed E-state index contributed by atoms with van der Waals surface area (Å²) >= 11 is 1.72. The van der Waals surface area contributed by atoms with Gasteiger partial charge in [0.15, 0.2) is 12.6 Å². The third-order valence-corrected chi connectivity index (χ3v) is 15.9. The van der Waals surface area contributed by atoms with E-state index in [1.54, 1.807) is 53.3 Å². The lowest BCUT2D eigenvalue weighted by Crippen LogP contribution is -2.61. The van der Waals surface area contributed by atoms with Gasteiger partial charge in [-0.1, -0.05) is 38.1 Å². The summed E-state index contributed by atoms with van der Waals surface area (Å²) in [6.07, 6.45) is -3.36. The number of rotatable bonds is 14. The molecule has 68 heavy (non-hydrogen) atoms. The summed E-state index contributed by atoms with van der Waals surface area (Å²) in [6.45, 7) is 19.4. The van der Waals surface area contributed by atoms with Crippen molar-refractivity contribution in [1.82, 2.24) is 24.8 Å². The summed E-state index contributed by atoms with van der Waals surface area (Å²) in [6, 6.07) is 7.59. The number of methoxy groups -OCH3 is 1. The summed E-state index contributed by atoms with van der Waals surface area (Å²) < 4.78 is 40.2. The van der Waals surface area contributed by atoms with Crippen molar-refractivity contribution in [1.29, 1.82) is 0 Å². The van der Waals surface area contributed by atoms with Crippen LogP contribution in [0.1, 0.15) is 106 Å². The molecule has 4 heterocycles. The summed E-state index contributed by atoms with van der Waals surface area (Å²) in [4.78, 5) is 19.7. The average Bonchev–Trinajstić information content (AvgIpc) is 3.76. The van der Waals surface area contributed by atoms with Crippen LogP contribution in [0.5, 0.6) is 0 Å². The van der Waals surface area contributed by atoms with Gasteiger partial charge in [0.05, 0.1) is 47.2 Å². The van der Waals surface area contributed by atoms with E-state index < -0.39 is 96.0 Å². The lowest BCUT2D eigenvalue weighted by Gasteiger charge is -2.49. The fourth-order valence-electron chi connectivity index (χ4n) is 10.7. The minimum atomic E-state index is -1.83. The second-order valence-electron chi connectivity index (χ2n) is 21.0. The van der Waals surface area contributed by atoms with E-state index in [9.17, 15) is 30.3 Å². The highest BCUT2D eigenvalue weighted by molar-refractivity contribution is 7.98. The van der Waals surface area contributed by atoms with Crippen molar-refractivity contribution in [2.45, 2.75) is 210 Å². The molecule has 0 bridgehead atoms. The number of aromatic nitrogens is 3. The average molecular weight is 980 g/mol. The Balaban J connectivity index is 1.43. The van der Waals surface area contributed by atoms with E-state index in [4.69, 9.17) is 28.4 Å². The topological polar surface area (TPSA) is 211 Å². The number of nitrogens with zero attached hydrogens (tertiary/aromatic N) is 5. The molecule has 0 spiro atoms. The van der Waals surface area contributed by atoms with Crippen LogP contribution in [0.15, 0.2) is 35.4 Å². The number of cyclic esters (lactones) is 1. The maximum atomic E-state index is 14.5. The molecule has 1 aromatic carbocycles. The molecule has 388 valence electrons. The first-order valence-electron chi connectivity index (χ1n) is 24.6. The molecular formula is C50H85N5O12S. The summed E-state index contributed by atoms with van der Waals surface area (Å²) in [5.41, 5.74) is -2.42. The zero-order chi connectivity index (χ0) is 50.5. The van der Waals surface area contributed by atoms with E-state index in [0.29, 0.717) is 32.5 Å². The number of aliphatic hydroxyl groups excluding tert-OH is 3. The maximum Gasteiger partial charge on any atom is 0.311 e. The first-order valence-corrected chi connectivity index (χ1v) is 25.9. The van der Waals surface area contributed by atoms with Gasteiger partial charge in [-0.05, 0) is 118 Å². The molecule has 3 fully saturated rings. The molecule has 0 amide bonds. The minimum absolute atomic E-state index is 0.112. The van der Waals surface area contributed by atoms with Gasteiger partial charge in [-0.25, -0.2) is 0 Å². The van der Waals surface area contributed by atoms with Crippen LogP contribution in [0.3, 0.4) is 0 Å². The number of esters is 1. The summed E-state index contributed by atoms with van der Waals surface area (Å²) in [5, 5.41) is 68.4. The molecule has 3 saturated heterocycles. The Hall–Kier alpha value is -2.30. The lowest BCUT2D eigenvalue weighted by atomic mass is 9.77. The van der Waals surface area contributed by atoms with E-state index in [2.05, 4.69) is 45.7 Å². The highest BCUT2D eigenvalue weighted by Crippen LogP contribution is 2.40. The molecule has 0 aliphatic carbocycles. The first-order chi connectivity index (χ1) is 31.8. The summed E-state index contributed by atoms with van der Waals surface area (Å²) in [5.74, 6) is -2.72. The molecule has 17 nitrogen and oxygen atoms in total. The number of ether oxygens (including phenoxy) is 6. The van der Waals surface area contributed by atoms with E-state index in [1.807, 2.05) is 50.6 Å². The SMILES string of the molecule is CC[C@H]1OC(=O)[C@H](C)[C@@H](O[C@H]2C[C@@](C)(OC)[C@@H](O)[C@H](C)O2)[C@H](C)[C@@H](O[C@@H]2O[C@H](C)C[C@H](N(C)CCc3cn(CCc4ccc(SC)cc4)nn3)[C@H]2O)[C@](C)(O)C[C@@H](C)CN(C)[C@H](C)[C@@H](O)[C@]1(C)O. The zero-order valence-corrected chi connectivity index (χ0v) is 44.0. The van der Waals surface area contributed by atoms with E-state index in [1.165, 1.54) is 24.5 Å². The van der Waals surface area contributed by atoms with Crippen LogP contribution in [-0.2, 0) is 52.6 Å². The Morgan fingerprint density at radius 3 is 2.26 bits per heavy atom. The number of hydrogen-bond donors (Lipinski definition) is 5. The Kier molecular flexibility index (Phi) is 19.9. The van der Waals surface area contributed by atoms with Crippen LogP contribution in [0, 0.1) is 17.8 Å². The van der Waals surface area contributed by atoms with Crippen LogP contribution < -0.4 is 0 Å². The highest BCUT2D eigenvalue weighted by Gasteiger charge is 2.53. The second-order valence-corrected chi connectivity index (χ2v) is 21.9. The number of hydrogen-bond acceptors (Lipinski definition) is 17. The molecule has 3 aliphatic rings. The van der Waals surface area contributed by atoms with Crippen molar-refractivity contribution in [2.75, 3.05) is 40.6 Å². The molecule has 0 unspecified atom stereocenters. The molecule has 3 aliphatic heterocycles. The van der Waals surface area contributed by atoms with Gasteiger partial charge in [0, 0.05) is 68.7 Å². The number of likely N-dealkylation sites (N-methyl/N-ethyl adjacent to an activating group) is 2. The van der Waals surface area contributed by atoms with Gasteiger partial charge in [0.2, 0.25) is 0 Å². The fourth-order valence-corrected chi connectivity index (χ4v) is 11.1. The van der Waals surface area contributed by atoms with Gasteiger partial charge in [-0.3, -0.25) is 9.48 Å². The first kappa shape index (κ1) is 56.6. The Morgan fingerprint density at radius 1 is 0.956 bits per heavy atom. The molecular weight excluding hydrogens is 895 g/mol. The smallest absolute Gasteiger partial charge is 0.311 e. The van der Waals surface area contributed by atoms with E-state index >= 15 is 0 Å². The van der Waals surface area contributed by atoms with Crippen molar-refractivity contribution in [3.8, 4) is 0 Å². The number of benzene rings is 1. The van der Waals surface area contributed by atoms with Gasteiger partial charge in [0.25, 0.3) is 0 Å². The number of aryl methyl sites for hydroxylation is 2. The number of carbonyl (C=O) groups excluding carboxylic acids is 1. The lowest BCUT2D eigenvalue weighted by molar-refractivity contribution is -0.318. The maximum absolute atomic E-state index is 14.5. The van der Waals surface area contributed by atoms with Gasteiger partial charge in [-0.15, -0.1) is 16.9 Å². The Morgan fingerprint density at radius 2 is 1.63 bits per heavy atom. The fraction of sp³-hybridized carbons (Fsp3) is 0.820. The third-order valence-electron chi connectivity index (χ3n) is 15.2. The van der Waals surface area contributed by atoms with Gasteiger partial charge < -0.3 is 63.8 Å². The van der Waals surface area contributed by atoms with Gasteiger partial charge in [0.1, 0.15) is 30.0 Å². The summed E-state index contributed by atoms with van der Waals surface area (Å²) in [7, 11) is 5.31. The standard InChI is InChI=1S/C50H85N5O12S/c1-15-39-50(10,61)43(57)33(6)54(12)27-29(2)25-48(8,60)45(31(4)42(32(5)46(59)65-39)66-40-26-49(9,62-13)44(58)34(7)64-40)67-47-41(56)38(24-30(3)63-47)53(11)22-21-36-28-55(52-51-36)23-20-35-16-18-37(68-14)19-17-35/h16-19,28-34,38-45,47,56-58,60-61H,15,20-27H2,1-14H3/t29-,30-,31+,32-,33-,34+,38+,39-,40+,41-,42+,43-,44+,45-,47+,48-,49-,50-/m1/s1. The minimum Gasteiger partial charge on any atom is -0.459 e. The van der Waals surface area contributed by atoms with Crippen LogP contribution in [0.2, 0.25) is 0 Å². The van der Waals surface area contributed by atoms with Crippen molar-refractivity contribution >= 4 is 17.7 Å². The molecule has 18 atom stereocenters. The second kappa shape index (κ2) is 23.9. The van der Waals surface area contributed by atoms with Crippen molar-refractivity contribution in [3.63, 3.8) is 0 Å². The van der Waals surface area contributed by atoms with Crippen LogP contribution in [0.4, 0.5) is 0 Å². The molecule has 1 aromatic heterocycles. The normalized spacial score (nSPS) is 40.7. The monoisotopic (exact) mass is 980 g/mol. The number of carbonyl (C=O) groups is 1. The van der Waals surface area contributed by atoms with Crippen molar-refractivity contribution in [2.24, 2.45) is 17.8 Å².